The molecule has 0 atom stereocenters. The van der Waals surface area contributed by atoms with E-state index < -0.39 is 0 Å². The second kappa shape index (κ2) is 5.68. The van der Waals surface area contributed by atoms with Crippen molar-refractivity contribution in [3.8, 4) is 6.07 Å². The lowest BCUT2D eigenvalue weighted by Crippen LogP contribution is -2.31. The minimum absolute atomic E-state index is 0.0820. The molecule has 0 aromatic heterocycles. The zero-order chi connectivity index (χ0) is 13.8. The smallest absolute Gasteiger partial charge is 0.254 e. The normalized spacial score (nSPS) is 10.8. The monoisotopic (exact) mass is 244 g/mol. The van der Waals surface area contributed by atoms with Crippen molar-refractivity contribution >= 4 is 5.91 Å². The first-order valence-corrected chi connectivity index (χ1v) is 6.17. The molecule has 0 aliphatic heterocycles. The standard InChI is InChI=1S/C15H20N2O/c1-5-17(11-10-16)14(18)12-6-8-13(9-7-12)15(2,3)4/h6-9H,5,11H2,1-4H3. The summed E-state index contributed by atoms with van der Waals surface area (Å²) in [5.74, 6) is -0.0838. The van der Waals surface area contributed by atoms with Crippen LogP contribution in [0.2, 0.25) is 0 Å². The number of hydrogen-bond donors (Lipinski definition) is 0. The Hall–Kier alpha value is -1.82. The Bertz CT molecular complexity index is 449. The quantitative estimate of drug-likeness (QED) is 0.767. The van der Waals surface area contributed by atoms with Crippen LogP contribution in [0.5, 0.6) is 0 Å². The molecule has 1 aromatic carbocycles. The summed E-state index contributed by atoms with van der Waals surface area (Å²) in [7, 11) is 0. The maximum atomic E-state index is 12.1. The third-order valence-electron chi connectivity index (χ3n) is 2.93. The molecule has 0 heterocycles. The van der Waals surface area contributed by atoms with Crippen molar-refractivity contribution in [2.45, 2.75) is 33.1 Å². The summed E-state index contributed by atoms with van der Waals surface area (Å²) in [6, 6.07) is 9.64. The van der Waals surface area contributed by atoms with E-state index in [1.807, 2.05) is 37.3 Å². The Morgan fingerprint density at radius 3 is 2.22 bits per heavy atom. The number of carbonyl (C=O) groups is 1. The first kappa shape index (κ1) is 14.2. The third-order valence-corrected chi connectivity index (χ3v) is 2.93. The highest BCUT2D eigenvalue weighted by molar-refractivity contribution is 5.94. The summed E-state index contributed by atoms with van der Waals surface area (Å²) in [5.41, 5.74) is 1.92. The number of carbonyl (C=O) groups excluding carboxylic acids is 1. The molecular weight excluding hydrogens is 224 g/mol. The summed E-state index contributed by atoms with van der Waals surface area (Å²) in [6.45, 7) is 8.97. The third kappa shape index (κ3) is 3.33. The molecule has 0 aliphatic rings. The molecule has 0 fully saturated rings. The SMILES string of the molecule is CCN(CC#N)C(=O)c1ccc(C(C)(C)C)cc1. The second-order valence-electron chi connectivity index (χ2n) is 5.30. The van der Waals surface area contributed by atoms with Crippen molar-refractivity contribution in [2.75, 3.05) is 13.1 Å². The van der Waals surface area contributed by atoms with E-state index in [2.05, 4.69) is 20.8 Å². The van der Waals surface area contributed by atoms with E-state index in [9.17, 15) is 4.79 Å². The van der Waals surface area contributed by atoms with E-state index in [-0.39, 0.29) is 17.9 Å². The topological polar surface area (TPSA) is 44.1 Å². The molecule has 3 heteroatoms. The van der Waals surface area contributed by atoms with Crippen LogP contribution < -0.4 is 0 Å². The highest BCUT2D eigenvalue weighted by Gasteiger charge is 2.16. The largest absolute Gasteiger partial charge is 0.326 e. The Kier molecular flexibility index (Phi) is 4.49. The van der Waals surface area contributed by atoms with Gasteiger partial charge in [0.1, 0.15) is 6.54 Å². The van der Waals surface area contributed by atoms with E-state index in [1.54, 1.807) is 0 Å². The summed E-state index contributed by atoms with van der Waals surface area (Å²) < 4.78 is 0. The molecule has 0 bridgehead atoms. The van der Waals surface area contributed by atoms with Crippen LogP contribution in [0.15, 0.2) is 24.3 Å². The average Bonchev–Trinajstić information content (AvgIpc) is 2.34. The van der Waals surface area contributed by atoms with Crippen LogP contribution in [0.25, 0.3) is 0 Å². The van der Waals surface area contributed by atoms with E-state index in [0.29, 0.717) is 12.1 Å². The van der Waals surface area contributed by atoms with Crippen LogP contribution in [-0.4, -0.2) is 23.9 Å². The Balaban J connectivity index is 2.92. The minimum atomic E-state index is -0.0838. The Morgan fingerprint density at radius 1 is 1.28 bits per heavy atom. The molecule has 0 radical (unpaired) electrons. The Labute approximate surface area is 109 Å². The van der Waals surface area contributed by atoms with Crippen molar-refractivity contribution in [1.82, 2.24) is 4.90 Å². The summed E-state index contributed by atoms with van der Waals surface area (Å²) in [6.07, 6.45) is 0. The summed E-state index contributed by atoms with van der Waals surface area (Å²) in [5, 5.41) is 8.67. The van der Waals surface area contributed by atoms with E-state index in [4.69, 9.17) is 5.26 Å². The highest BCUT2D eigenvalue weighted by Crippen LogP contribution is 2.22. The fourth-order valence-corrected chi connectivity index (χ4v) is 1.71. The molecule has 0 saturated heterocycles. The van der Waals surface area contributed by atoms with Crippen molar-refractivity contribution in [3.63, 3.8) is 0 Å². The van der Waals surface area contributed by atoms with Gasteiger partial charge in [0.15, 0.2) is 0 Å². The maximum absolute atomic E-state index is 12.1. The van der Waals surface area contributed by atoms with E-state index >= 15 is 0 Å². The first-order chi connectivity index (χ1) is 8.40. The molecule has 0 unspecified atom stereocenters. The highest BCUT2D eigenvalue weighted by atomic mass is 16.2. The lowest BCUT2D eigenvalue weighted by atomic mass is 9.86. The van der Waals surface area contributed by atoms with Crippen molar-refractivity contribution in [1.29, 1.82) is 5.26 Å². The molecule has 1 rings (SSSR count). The van der Waals surface area contributed by atoms with Gasteiger partial charge in [-0.05, 0) is 30.0 Å². The summed E-state index contributed by atoms with van der Waals surface area (Å²) >= 11 is 0. The van der Waals surface area contributed by atoms with Crippen molar-refractivity contribution < 1.29 is 4.79 Å². The fourth-order valence-electron chi connectivity index (χ4n) is 1.71. The molecule has 3 nitrogen and oxygen atoms in total. The first-order valence-electron chi connectivity index (χ1n) is 6.17. The number of benzene rings is 1. The average molecular weight is 244 g/mol. The lowest BCUT2D eigenvalue weighted by Gasteiger charge is -2.20. The van der Waals surface area contributed by atoms with Crippen LogP contribution in [0, 0.1) is 11.3 Å². The van der Waals surface area contributed by atoms with Crippen LogP contribution in [-0.2, 0) is 5.41 Å². The lowest BCUT2D eigenvalue weighted by molar-refractivity contribution is 0.0784. The molecule has 0 spiro atoms. The molecule has 1 amide bonds. The van der Waals surface area contributed by atoms with Gasteiger partial charge in [-0.3, -0.25) is 4.79 Å². The van der Waals surface area contributed by atoms with Gasteiger partial charge in [-0.2, -0.15) is 5.26 Å². The molecule has 0 saturated carbocycles. The van der Waals surface area contributed by atoms with Gasteiger partial charge in [0, 0.05) is 12.1 Å². The molecular formula is C15H20N2O. The van der Waals surface area contributed by atoms with Gasteiger partial charge < -0.3 is 4.90 Å². The van der Waals surface area contributed by atoms with Gasteiger partial charge in [0.05, 0.1) is 6.07 Å². The van der Waals surface area contributed by atoms with Gasteiger partial charge in [-0.1, -0.05) is 32.9 Å². The van der Waals surface area contributed by atoms with Crippen LogP contribution in [0.4, 0.5) is 0 Å². The number of rotatable bonds is 3. The number of nitriles is 1. The molecule has 0 aliphatic carbocycles. The van der Waals surface area contributed by atoms with Crippen molar-refractivity contribution in [3.05, 3.63) is 35.4 Å². The van der Waals surface area contributed by atoms with Crippen LogP contribution in [0.1, 0.15) is 43.6 Å². The maximum Gasteiger partial charge on any atom is 0.254 e. The molecule has 1 aromatic rings. The summed E-state index contributed by atoms with van der Waals surface area (Å²) in [4.78, 5) is 13.6. The van der Waals surface area contributed by atoms with Crippen molar-refractivity contribution in [2.24, 2.45) is 0 Å². The minimum Gasteiger partial charge on any atom is -0.326 e. The van der Waals surface area contributed by atoms with Crippen LogP contribution >= 0.6 is 0 Å². The predicted octanol–water partition coefficient (Wildman–Crippen LogP) is 2.97. The fraction of sp³-hybridized carbons (Fsp3) is 0.467. The van der Waals surface area contributed by atoms with Gasteiger partial charge in [-0.25, -0.2) is 0 Å². The van der Waals surface area contributed by atoms with Gasteiger partial charge in [0.25, 0.3) is 5.91 Å². The second-order valence-corrected chi connectivity index (χ2v) is 5.30. The number of nitrogens with zero attached hydrogens (tertiary/aromatic N) is 2. The number of hydrogen-bond acceptors (Lipinski definition) is 2. The van der Waals surface area contributed by atoms with Gasteiger partial charge >= 0.3 is 0 Å². The predicted molar refractivity (Wildman–Crippen MR) is 72.3 cm³/mol. The zero-order valence-electron chi connectivity index (χ0n) is 11.5. The number of amides is 1. The van der Waals surface area contributed by atoms with E-state index in [1.165, 1.54) is 10.5 Å². The molecule has 0 N–H and O–H groups in total. The van der Waals surface area contributed by atoms with E-state index in [0.717, 1.165) is 0 Å². The van der Waals surface area contributed by atoms with Gasteiger partial charge in [-0.15, -0.1) is 0 Å². The zero-order valence-corrected chi connectivity index (χ0v) is 11.5. The molecule has 96 valence electrons. The molecule has 18 heavy (non-hydrogen) atoms. The van der Waals surface area contributed by atoms with Crippen LogP contribution in [0.3, 0.4) is 0 Å². The Morgan fingerprint density at radius 2 is 1.83 bits per heavy atom. The van der Waals surface area contributed by atoms with Gasteiger partial charge in [0.2, 0.25) is 0 Å².